The van der Waals surface area contributed by atoms with Crippen molar-refractivity contribution in [1.82, 2.24) is 9.97 Å². The lowest BCUT2D eigenvalue weighted by Gasteiger charge is -2.25. The second-order valence-corrected chi connectivity index (χ2v) is 5.73. The minimum absolute atomic E-state index is 0.556. The topological polar surface area (TPSA) is 63.8 Å². The Morgan fingerprint density at radius 1 is 1.22 bits per heavy atom. The zero-order valence-corrected chi connectivity index (χ0v) is 11.1. The summed E-state index contributed by atoms with van der Waals surface area (Å²) >= 11 is 0. The lowest BCUT2D eigenvalue weighted by atomic mass is 9.83. The third-order valence-corrected chi connectivity index (χ3v) is 4.21. The summed E-state index contributed by atoms with van der Waals surface area (Å²) in [5.41, 5.74) is 6.96. The quantitative estimate of drug-likeness (QED) is 0.838. The Morgan fingerprint density at radius 2 is 2.00 bits per heavy atom. The molecule has 0 aliphatic heterocycles. The average molecular weight is 246 g/mol. The first-order chi connectivity index (χ1) is 8.74. The van der Waals surface area contributed by atoms with Gasteiger partial charge in [-0.2, -0.15) is 0 Å². The van der Waals surface area contributed by atoms with Crippen molar-refractivity contribution in [3.8, 4) is 0 Å². The summed E-state index contributed by atoms with van der Waals surface area (Å²) in [6.07, 6.45) is 7.89. The second kappa shape index (κ2) is 4.75. The first-order valence-corrected chi connectivity index (χ1v) is 7.12. The maximum atomic E-state index is 5.96. The molecule has 2 aliphatic rings. The van der Waals surface area contributed by atoms with Gasteiger partial charge in [0.05, 0.1) is 0 Å². The molecule has 0 unspecified atom stereocenters. The Bertz CT molecular complexity index is 436. The first kappa shape index (κ1) is 11.8. The zero-order valence-electron chi connectivity index (χ0n) is 11.1. The molecule has 1 heterocycles. The molecular weight excluding hydrogens is 224 g/mol. The number of aromatic nitrogens is 2. The molecule has 1 aromatic rings. The monoisotopic (exact) mass is 246 g/mol. The van der Waals surface area contributed by atoms with Crippen molar-refractivity contribution in [3.05, 3.63) is 11.4 Å². The van der Waals surface area contributed by atoms with Crippen LogP contribution in [0.5, 0.6) is 0 Å². The van der Waals surface area contributed by atoms with Crippen molar-refractivity contribution >= 4 is 11.6 Å². The second-order valence-electron chi connectivity index (χ2n) is 5.73. The van der Waals surface area contributed by atoms with Gasteiger partial charge in [0.25, 0.3) is 0 Å². The fourth-order valence-corrected chi connectivity index (χ4v) is 2.42. The van der Waals surface area contributed by atoms with E-state index >= 15 is 0 Å². The van der Waals surface area contributed by atoms with Crippen molar-refractivity contribution < 1.29 is 0 Å². The molecular formula is C14H22N4. The molecule has 18 heavy (non-hydrogen) atoms. The number of hydrogen-bond acceptors (Lipinski definition) is 4. The summed E-state index contributed by atoms with van der Waals surface area (Å²) in [6.45, 7) is 3.00. The molecule has 4 nitrogen and oxygen atoms in total. The van der Waals surface area contributed by atoms with Crippen LogP contribution in [0.15, 0.2) is 0 Å². The van der Waals surface area contributed by atoms with Crippen molar-refractivity contribution in [1.29, 1.82) is 0 Å². The molecule has 98 valence electrons. The number of anilines is 2. The van der Waals surface area contributed by atoms with Crippen LogP contribution >= 0.6 is 0 Å². The van der Waals surface area contributed by atoms with E-state index in [4.69, 9.17) is 5.73 Å². The van der Waals surface area contributed by atoms with E-state index in [-0.39, 0.29) is 0 Å². The predicted octanol–water partition coefficient (Wildman–Crippen LogP) is 2.85. The van der Waals surface area contributed by atoms with Crippen LogP contribution in [-0.4, -0.2) is 16.5 Å². The highest BCUT2D eigenvalue weighted by Crippen LogP contribution is 2.39. The summed E-state index contributed by atoms with van der Waals surface area (Å²) in [7, 11) is 0. The highest BCUT2D eigenvalue weighted by atomic mass is 15.1. The lowest BCUT2D eigenvalue weighted by molar-refractivity contribution is 0.303. The molecule has 0 radical (unpaired) electrons. The van der Waals surface area contributed by atoms with Crippen LogP contribution in [0.25, 0.3) is 0 Å². The molecule has 4 heteroatoms. The predicted molar refractivity (Wildman–Crippen MR) is 73.6 cm³/mol. The van der Waals surface area contributed by atoms with Gasteiger partial charge in [0.15, 0.2) is 0 Å². The zero-order chi connectivity index (χ0) is 12.5. The van der Waals surface area contributed by atoms with E-state index in [2.05, 4.69) is 15.3 Å². The van der Waals surface area contributed by atoms with Crippen LogP contribution < -0.4 is 11.1 Å². The van der Waals surface area contributed by atoms with Gasteiger partial charge in [-0.3, -0.25) is 0 Å². The van der Waals surface area contributed by atoms with Gasteiger partial charge in [-0.1, -0.05) is 19.3 Å². The molecule has 3 rings (SSSR count). The van der Waals surface area contributed by atoms with Gasteiger partial charge in [0.2, 0.25) is 0 Å². The third kappa shape index (κ3) is 2.42. The Morgan fingerprint density at radius 3 is 2.61 bits per heavy atom. The molecule has 2 saturated carbocycles. The fourth-order valence-electron chi connectivity index (χ4n) is 2.42. The highest BCUT2D eigenvalue weighted by molar-refractivity contribution is 5.55. The van der Waals surface area contributed by atoms with E-state index in [0.29, 0.717) is 11.7 Å². The lowest BCUT2D eigenvalue weighted by Crippen LogP contribution is -2.17. The van der Waals surface area contributed by atoms with Crippen molar-refractivity contribution in [2.45, 2.75) is 51.4 Å². The van der Waals surface area contributed by atoms with E-state index < -0.39 is 0 Å². The standard InChI is InChI=1S/C14H22N4/c1-9-12(15)17-14(11-5-6-11)18-13(9)16-8-7-10-3-2-4-10/h10-11H,2-8H2,1H3,(H3,15,16,17,18). The Hall–Kier alpha value is -1.32. The van der Waals surface area contributed by atoms with Crippen LogP contribution in [0.2, 0.25) is 0 Å². The van der Waals surface area contributed by atoms with Gasteiger partial charge in [0, 0.05) is 18.0 Å². The SMILES string of the molecule is Cc1c(N)nc(C2CC2)nc1NCCC1CCC1. The summed E-state index contributed by atoms with van der Waals surface area (Å²) < 4.78 is 0. The Balaban J connectivity index is 1.65. The molecule has 2 fully saturated rings. The van der Waals surface area contributed by atoms with Crippen LogP contribution in [0.1, 0.15) is 55.8 Å². The summed E-state index contributed by atoms with van der Waals surface area (Å²) in [4.78, 5) is 9.03. The number of rotatable bonds is 5. The van der Waals surface area contributed by atoms with Crippen LogP contribution in [0, 0.1) is 12.8 Å². The molecule has 0 saturated heterocycles. The summed E-state index contributed by atoms with van der Waals surface area (Å²) in [5, 5.41) is 3.44. The molecule has 0 bridgehead atoms. The van der Waals surface area contributed by atoms with Gasteiger partial charge < -0.3 is 11.1 Å². The van der Waals surface area contributed by atoms with Gasteiger partial charge in [-0.15, -0.1) is 0 Å². The number of nitrogens with two attached hydrogens (primary N) is 1. The third-order valence-electron chi connectivity index (χ3n) is 4.21. The van der Waals surface area contributed by atoms with Crippen LogP contribution in [0.4, 0.5) is 11.6 Å². The van der Waals surface area contributed by atoms with Crippen LogP contribution in [0.3, 0.4) is 0 Å². The molecule has 3 N–H and O–H groups in total. The maximum absolute atomic E-state index is 5.96. The molecule has 0 atom stereocenters. The first-order valence-electron chi connectivity index (χ1n) is 7.12. The molecule has 2 aliphatic carbocycles. The van der Waals surface area contributed by atoms with E-state index in [0.717, 1.165) is 29.7 Å². The molecule has 0 spiro atoms. The van der Waals surface area contributed by atoms with Crippen molar-refractivity contribution in [2.24, 2.45) is 5.92 Å². The minimum Gasteiger partial charge on any atom is -0.383 e. The van der Waals surface area contributed by atoms with Gasteiger partial charge in [-0.05, 0) is 32.1 Å². The van der Waals surface area contributed by atoms with E-state index in [9.17, 15) is 0 Å². The van der Waals surface area contributed by atoms with Gasteiger partial charge in [0.1, 0.15) is 17.5 Å². The maximum Gasteiger partial charge on any atom is 0.136 e. The summed E-state index contributed by atoms with van der Waals surface area (Å²) in [5.74, 6) is 4.01. The number of nitrogen functional groups attached to an aromatic ring is 1. The number of nitrogens with one attached hydrogen (secondary N) is 1. The molecule has 0 aromatic carbocycles. The van der Waals surface area contributed by atoms with E-state index in [1.165, 1.54) is 38.5 Å². The largest absolute Gasteiger partial charge is 0.383 e. The molecule has 1 aromatic heterocycles. The Labute approximate surface area is 108 Å². The minimum atomic E-state index is 0.556. The van der Waals surface area contributed by atoms with Gasteiger partial charge >= 0.3 is 0 Å². The smallest absolute Gasteiger partial charge is 0.136 e. The molecule has 0 amide bonds. The van der Waals surface area contributed by atoms with Gasteiger partial charge in [-0.25, -0.2) is 9.97 Å². The Kier molecular flexibility index (Phi) is 3.10. The normalized spacial score (nSPS) is 19.6. The number of hydrogen-bond donors (Lipinski definition) is 2. The fraction of sp³-hybridized carbons (Fsp3) is 0.714. The van der Waals surface area contributed by atoms with Crippen molar-refractivity contribution in [3.63, 3.8) is 0 Å². The highest BCUT2D eigenvalue weighted by Gasteiger charge is 2.28. The van der Waals surface area contributed by atoms with Crippen molar-refractivity contribution in [2.75, 3.05) is 17.6 Å². The van der Waals surface area contributed by atoms with E-state index in [1.807, 2.05) is 6.92 Å². The summed E-state index contributed by atoms with van der Waals surface area (Å²) in [6, 6.07) is 0. The average Bonchev–Trinajstić information content (AvgIpc) is 3.11. The van der Waals surface area contributed by atoms with Crippen LogP contribution in [-0.2, 0) is 0 Å². The van der Waals surface area contributed by atoms with E-state index in [1.54, 1.807) is 0 Å². The number of nitrogens with zero attached hydrogens (tertiary/aromatic N) is 2.